The van der Waals surface area contributed by atoms with E-state index in [9.17, 15) is 14.0 Å². The number of rotatable bonds is 5. The zero-order chi connectivity index (χ0) is 22.1. The summed E-state index contributed by atoms with van der Waals surface area (Å²) < 4.78 is 13.2. The van der Waals surface area contributed by atoms with Crippen molar-refractivity contribution in [2.45, 2.75) is 40.0 Å². The first-order chi connectivity index (χ1) is 14.8. The fourth-order valence-electron chi connectivity index (χ4n) is 4.34. The molecule has 2 aromatic rings. The van der Waals surface area contributed by atoms with Crippen LogP contribution in [0.2, 0.25) is 0 Å². The third-order valence-electron chi connectivity index (χ3n) is 6.58. The van der Waals surface area contributed by atoms with Gasteiger partial charge in [-0.3, -0.25) is 14.5 Å². The zero-order valence-electron chi connectivity index (χ0n) is 18.5. The second kappa shape index (κ2) is 8.66. The van der Waals surface area contributed by atoms with E-state index in [1.165, 1.54) is 17.0 Å². The van der Waals surface area contributed by atoms with Crippen LogP contribution < -0.4 is 0 Å². The van der Waals surface area contributed by atoms with Crippen molar-refractivity contribution in [2.75, 3.05) is 19.6 Å². The Morgan fingerprint density at radius 2 is 1.61 bits per heavy atom. The normalized spacial score (nSPS) is 17.8. The van der Waals surface area contributed by atoms with Crippen LogP contribution in [-0.4, -0.2) is 41.2 Å². The van der Waals surface area contributed by atoms with Gasteiger partial charge in [0.15, 0.2) is 0 Å². The van der Waals surface area contributed by atoms with Gasteiger partial charge in [-0.05, 0) is 73.4 Å². The number of imide groups is 1. The quantitative estimate of drug-likeness (QED) is 0.669. The second-order valence-corrected chi connectivity index (χ2v) is 8.83. The third kappa shape index (κ3) is 4.27. The molecule has 2 aromatic carbocycles. The van der Waals surface area contributed by atoms with Crippen LogP contribution in [0.25, 0.3) is 5.57 Å². The smallest absolute Gasteiger partial charge is 0.277 e. The van der Waals surface area contributed by atoms with Crippen LogP contribution in [0.5, 0.6) is 0 Å². The Balaban J connectivity index is 1.66. The van der Waals surface area contributed by atoms with Crippen LogP contribution in [0.1, 0.15) is 42.0 Å². The standard InChI is InChI=1S/C26H29FN2O2/c1-17-10-13-28(14-11-17)24-23(21-7-4-18(2)19(3)16-21)25(30)29(26(24)31)15-12-20-5-8-22(27)9-6-20/h4-9,16-17H,10-15H2,1-3H3. The first kappa shape index (κ1) is 21.3. The first-order valence-electron chi connectivity index (χ1n) is 11.0. The van der Waals surface area contributed by atoms with Crippen LogP contribution in [0, 0.1) is 25.6 Å². The molecule has 4 nitrogen and oxygen atoms in total. The van der Waals surface area contributed by atoms with E-state index in [0.717, 1.165) is 48.2 Å². The summed E-state index contributed by atoms with van der Waals surface area (Å²) in [5.41, 5.74) is 5.01. The third-order valence-corrected chi connectivity index (χ3v) is 6.58. The van der Waals surface area contributed by atoms with E-state index >= 15 is 0 Å². The van der Waals surface area contributed by atoms with Gasteiger partial charge in [-0.15, -0.1) is 0 Å². The predicted molar refractivity (Wildman–Crippen MR) is 120 cm³/mol. The minimum absolute atomic E-state index is 0.213. The number of amides is 2. The summed E-state index contributed by atoms with van der Waals surface area (Å²) in [6, 6.07) is 12.2. The first-order valence-corrected chi connectivity index (χ1v) is 11.0. The van der Waals surface area contributed by atoms with Gasteiger partial charge < -0.3 is 4.90 Å². The van der Waals surface area contributed by atoms with Crippen molar-refractivity contribution in [3.8, 4) is 0 Å². The molecular formula is C26H29FN2O2. The molecule has 162 valence electrons. The molecule has 0 aromatic heterocycles. The molecule has 0 saturated carbocycles. The number of carbonyl (C=O) groups is 2. The van der Waals surface area contributed by atoms with Gasteiger partial charge in [0.1, 0.15) is 11.5 Å². The monoisotopic (exact) mass is 420 g/mol. The fourth-order valence-corrected chi connectivity index (χ4v) is 4.34. The summed E-state index contributed by atoms with van der Waals surface area (Å²) >= 11 is 0. The average Bonchev–Trinajstić information content (AvgIpc) is 3.00. The lowest BCUT2D eigenvalue weighted by Gasteiger charge is -2.32. The van der Waals surface area contributed by atoms with Crippen molar-refractivity contribution in [2.24, 2.45) is 5.92 Å². The highest BCUT2D eigenvalue weighted by molar-refractivity contribution is 6.35. The van der Waals surface area contributed by atoms with Gasteiger partial charge in [0.2, 0.25) is 0 Å². The molecule has 2 aliphatic rings. The zero-order valence-corrected chi connectivity index (χ0v) is 18.5. The maximum atomic E-state index is 13.5. The summed E-state index contributed by atoms with van der Waals surface area (Å²) in [5.74, 6) is -0.111. The summed E-state index contributed by atoms with van der Waals surface area (Å²) in [5, 5.41) is 0. The van der Waals surface area contributed by atoms with Crippen molar-refractivity contribution >= 4 is 17.4 Å². The molecular weight excluding hydrogens is 391 g/mol. The van der Waals surface area contributed by atoms with Crippen LogP contribution >= 0.6 is 0 Å². The fraction of sp³-hybridized carbons (Fsp3) is 0.385. The Morgan fingerprint density at radius 1 is 0.935 bits per heavy atom. The Kier molecular flexibility index (Phi) is 5.94. The van der Waals surface area contributed by atoms with Crippen molar-refractivity contribution < 1.29 is 14.0 Å². The summed E-state index contributed by atoms with van der Waals surface area (Å²) in [7, 11) is 0. The van der Waals surface area contributed by atoms with Crippen LogP contribution in [0.15, 0.2) is 48.2 Å². The minimum atomic E-state index is -0.294. The lowest BCUT2D eigenvalue weighted by Crippen LogP contribution is -2.39. The van der Waals surface area contributed by atoms with Gasteiger partial charge in [0.05, 0.1) is 5.57 Å². The average molecular weight is 421 g/mol. The highest BCUT2D eigenvalue weighted by atomic mass is 19.1. The topological polar surface area (TPSA) is 40.6 Å². The van der Waals surface area contributed by atoms with Crippen LogP contribution in [-0.2, 0) is 16.0 Å². The number of hydrogen-bond acceptors (Lipinski definition) is 3. The number of likely N-dealkylation sites (tertiary alicyclic amines) is 1. The Morgan fingerprint density at radius 3 is 2.26 bits per heavy atom. The lowest BCUT2D eigenvalue weighted by molar-refractivity contribution is -0.137. The van der Waals surface area contributed by atoms with Gasteiger partial charge in [0, 0.05) is 19.6 Å². The predicted octanol–water partition coefficient (Wildman–Crippen LogP) is 4.50. The minimum Gasteiger partial charge on any atom is -0.366 e. The Labute approximate surface area is 183 Å². The maximum Gasteiger partial charge on any atom is 0.277 e. The van der Waals surface area contributed by atoms with Crippen molar-refractivity contribution in [3.63, 3.8) is 0 Å². The maximum absolute atomic E-state index is 13.5. The molecule has 5 heteroatoms. The Bertz CT molecular complexity index is 1030. The van der Waals surface area contributed by atoms with E-state index < -0.39 is 0 Å². The van der Waals surface area contributed by atoms with Gasteiger partial charge >= 0.3 is 0 Å². The molecule has 0 radical (unpaired) electrons. The Hall–Kier alpha value is -2.95. The highest BCUT2D eigenvalue weighted by Crippen LogP contribution is 2.34. The SMILES string of the molecule is Cc1ccc(C2=C(N3CCC(C)CC3)C(=O)N(CCc3ccc(F)cc3)C2=O)cc1C. The van der Waals surface area contributed by atoms with Gasteiger partial charge in [0.25, 0.3) is 11.8 Å². The van der Waals surface area contributed by atoms with E-state index in [4.69, 9.17) is 0 Å². The molecule has 2 aliphatic heterocycles. The van der Waals surface area contributed by atoms with E-state index in [0.29, 0.717) is 23.6 Å². The number of hydrogen-bond donors (Lipinski definition) is 0. The van der Waals surface area contributed by atoms with Crippen molar-refractivity contribution in [1.82, 2.24) is 9.80 Å². The number of nitrogens with zero attached hydrogens (tertiary/aromatic N) is 2. The molecule has 4 rings (SSSR count). The lowest BCUT2D eigenvalue weighted by atomic mass is 9.96. The van der Waals surface area contributed by atoms with Gasteiger partial charge in [-0.2, -0.15) is 0 Å². The summed E-state index contributed by atoms with van der Waals surface area (Å²) in [4.78, 5) is 30.4. The van der Waals surface area contributed by atoms with Crippen LogP contribution in [0.3, 0.4) is 0 Å². The molecule has 2 amide bonds. The summed E-state index contributed by atoms with van der Waals surface area (Å²) in [6.45, 7) is 8.15. The summed E-state index contributed by atoms with van der Waals surface area (Å²) in [6.07, 6.45) is 2.53. The number of aryl methyl sites for hydroxylation is 2. The molecule has 0 aliphatic carbocycles. The number of carbonyl (C=O) groups excluding carboxylic acids is 2. The van der Waals surface area contributed by atoms with E-state index in [1.807, 2.05) is 32.0 Å². The molecule has 1 fully saturated rings. The molecule has 0 atom stereocenters. The molecule has 2 heterocycles. The van der Waals surface area contributed by atoms with Gasteiger partial charge in [-0.1, -0.05) is 37.3 Å². The van der Waals surface area contributed by atoms with E-state index in [2.05, 4.69) is 11.8 Å². The van der Waals surface area contributed by atoms with Gasteiger partial charge in [-0.25, -0.2) is 4.39 Å². The van der Waals surface area contributed by atoms with Crippen molar-refractivity contribution in [1.29, 1.82) is 0 Å². The second-order valence-electron chi connectivity index (χ2n) is 8.83. The molecule has 0 bridgehead atoms. The van der Waals surface area contributed by atoms with Crippen LogP contribution in [0.4, 0.5) is 4.39 Å². The van der Waals surface area contributed by atoms with Crippen molar-refractivity contribution in [3.05, 3.63) is 76.2 Å². The molecule has 0 N–H and O–H groups in total. The number of piperidine rings is 1. The molecule has 0 spiro atoms. The largest absolute Gasteiger partial charge is 0.366 e. The van der Waals surface area contributed by atoms with E-state index in [-0.39, 0.29) is 24.2 Å². The number of benzene rings is 2. The molecule has 0 unspecified atom stereocenters. The highest BCUT2D eigenvalue weighted by Gasteiger charge is 2.41. The number of halogens is 1. The van der Waals surface area contributed by atoms with E-state index in [1.54, 1.807) is 12.1 Å². The molecule has 31 heavy (non-hydrogen) atoms. The molecule has 1 saturated heterocycles.